The second-order valence-electron chi connectivity index (χ2n) is 4.75. The summed E-state index contributed by atoms with van der Waals surface area (Å²) in [5.74, 6) is 0.798. The number of nitrogens with one attached hydrogen (secondary N) is 1. The van der Waals surface area contributed by atoms with Crippen LogP contribution in [0.25, 0.3) is 0 Å². The maximum atomic E-state index is 5.47. The van der Waals surface area contributed by atoms with Gasteiger partial charge in [-0.05, 0) is 24.7 Å². The van der Waals surface area contributed by atoms with Gasteiger partial charge in [-0.3, -0.25) is 0 Å². The molecule has 0 aliphatic heterocycles. The van der Waals surface area contributed by atoms with Crippen LogP contribution in [0.3, 0.4) is 0 Å². The molecule has 0 bridgehead atoms. The van der Waals surface area contributed by atoms with Gasteiger partial charge in [-0.25, -0.2) is 9.97 Å². The van der Waals surface area contributed by atoms with Gasteiger partial charge in [0, 0.05) is 6.54 Å². The van der Waals surface area contributed by atoms with Crippen LogP contribution in [0.2, 0.25) is 0 Å². The molecule has 0 saturated heterocycles. The number of rotatable bonds is 6. The Morgan fingerprint density at radius 2 is 2.24 bits per heavy atom. The molecule has 0 radical (unpaired) electrons. The van der Waals surface area contributed by atoms with E-state index in [1.165, 1.54) is 25.7 Å². The van der Waals surface area contributed by atoms with Gasteiger partial charge in [0.1, 0.15) is 16.5 Å². The topological polar surface area (TPSA) is 63.8 Å². The van der Waals surface area contributed by atoms with Crippen LogP contribution in [-0.4, -0.2) is 21.5 Å². The Labute approximate surface area is 107 Å². The highest BCUT2D eigenvalue weighted by Crippen LogP contribution is 2.49. The first-order chi connectivity index (χ1) is 8.15. The zero-order valence-corrected chi connectivity index (χ0v) is 10.9. The Bertz CT molecular complexity index is 397. The SMILES string of the molecule is CCCC1(CNc2cnc(C(N)=S)cn2)CC1. The summed E-state index contributed by atoms with van der Waals surface area (Å²) in [6, 6.07) is 0. The number of anilines is 1. The highest BCUT2D eigenvalue weighted by molar-refractivity contribution is 7.80. The van der Waals surface area contributed by atoms with Crippen LogP contribution in [0.5, 0.6) is 0 Å². The highest BCUT2D eigenvalue weighted by atomic mass is 32.1. The molecule has 0 aromatic carbocycles. The van der Waals surface area contributed by atoms with Gasteiger partial charge in [-0.1, -0.05) is 25.6 Å². The van der Waals surface area contributed by atoms with E-state index in [4.69, 9.17) is 18.0 Å². The van der Waals surface area contributed by atoms with Crippen LogP contribution < -0.4 is 11.1 Å². The van der Waals surface area contributed by atoms with Gasteiger partial charge in [-0.2, -0.15) is 0 Å². The average Bonchev–Trinajstić information content (AvgIpc) is 3.08. The molecule has 1 fully saturated rings. The standard InChI is InChI=1S/C12H18N4S/c1-2-3-12(4-5-12)8-16-10-7-14-9(6-15-10)11(13)17/h6-7H,2-5,8H2,1H3,(H2,13,17)(H,15,16). The molecule has 5 heteroatoms. The Kier molecular flexibility index (Phi) is 3.57. The monoisotopic (exact) mass is 250 g/mol. The summed E-state index contributed by atoms with van der Waals surface area (Å²) in [7, 11) is 0. The second-order valence-corrected chi connectivity index (χ2v) is 5.19. The van der Waals surface area contributed by atoms with E-state index in [1.807, 2.05) is 0 Å². The minimum Gasteiger partial charge on any atom is -0.388 e. The van der Waals surface area contributed by atoms with Crippen LogP contribution in [0.4, 0.5) is 5.82 Å². The molecule has 92 valence electrons. The van der Waals surface area contributed by atoms with Crippen molar-refractivity contribution in [2.75, 3.05) is 11.9 Å². The van der Waals surface area contributed by atoms with Crippen LogP contribution >= 0.6 is 12.2 Å². The molecule has 1 saturated carbocycles. The van der Waals surface area contributed by atoms with E-state index < -0.39 is 0 Å². The first kappa shape index (κ1) is 12.2. The van der Waals surface area contributed by atoms with Crippen LogP contribution in [0.1, 0.15) is 38.3 Å². The van der Waals surface area contributed by atoms with Gasteiger partial charge in [0.05, 0.1) is 12.4 Å². The van der Waals surface area contributed by atoms with Crippen LogP contribution in [0.15, 0.2) is 12.4 Å². The summed E-state index contributed by atoms with van der Waals surface area (Å²) in [5, 5.41) is 3.34. The lowest BCUT2D eigenvalue weighted by Gasteiger charge is -2.15. The van der Waals surface area contributed by atoms with Gasteiger partial charge in [0.25, 0.3) is 0 Å². The van der Waals surface area contributed by atoms with E-state index in [1.54, 1.807) is 12.4 Å². The predicted octanol–water partition coefficient (Wildman–Crippen LogP) is 2.10. The number of hydrogen-bond donors (Lipinski definition) is 2. The lowest BCUT2D eigenvalue weighted by molar-refractivity contribution is 0.485. The van der Waals surface area contributed by atoms with Crippen molar-refractivity contribution in [1.82, 2.24) is 9.97 Å². The van der Waals surface area contributed by atoms with Crippen molar-refractivity contribution in [3.63, 3.8) is 0 Å². The van der Waals surface area contributed by atoms with E-state index in [-0.39, 0.29) is 4.99 Å². The summed E-state index contributed by atoms with van der Waals surface area (Å²) in [6.07, 6.45) is 8.49. The van der Waals surface area contributed by atoms with Crippen molar-refractivity contribution in [3.8, 4) is 0 Å². The number of nitrogens with zero attached hydrogens (tertiary/aromatic N) is 2. The van der Waals surface area contributed by atoms with Crippen molar-refractivity contribution < 1.29 is 0 Å². The zero-order valence-electron chi connectivity index (χ0n) is 10.1. The number of aromatic nitrogens is 2. The molecule has 2 rings (SSSR count). The van der Waals surface area contributed by atoms with Gasteiger partial charge in [0.15, 0.2) is 0 Å². The fourth-order valence-electron chi connectivity index (χ4n) is 2.05. The van der Waals surface area contributed by atoms with E-state index in [2.05, 4.69) is 22.2 Å². The summed E-state index contributed by atoms with van der Waals surface area (Å²) in [5.41, 5.74) is 6.55. The summed E-state index contributed by atoms with van der Waals surface area (Å²) in [6.45, 7) is 3.22. The minimum atomic E-state index is 0.286. The molecule has 4 nitrogen and oxygen atoms in total. The van der Waals surface area contributed by atoms with Crippen molar-refractivity contribution in [2.24, 2.45) is 11.1 Å². The molecule has 0 amide bonds. The van der Waals surface area contributed by atoms with Crippen LogP contribution in [0, 0.1) is 5.41 Å². The number of hydrogen-bond acceptors (Lipinski definition) is 4. The highest BCUT2D eigenvalue weighted by Gasteiger charge is 2.41. The van der Waals surface area contributed by atoms with E-state index in [9.17, 15) is 0 Å². The number of nitrogens with two attached hydrogens (primary N) is 1. The Balaban J connectivity index is 1.89. The summed E-state index contributed by atoms with van der Waals surface area (Å²) in [4.78, 5) is 8.69. The maximum absolute atomic E-state index is 5.47. The zero-order chi connectivity index (χ0) is 12.3. The molecule has 3 N–H and O–H groups in total. The summed E-state index contributed by atoms with van der Waals surface area (Å²) >= 11 is 4.83. The van der Waals surface area contributed by atoms with Crippen molar-refractivity contribution >= 4 is 23.0 Å². The lowest BCUT2D eigenvalue weighted by Crippen LogP contribution is -2.17. The molecule has 0 unspecified atom stereocenters. The Morgan fingerprint density at radius 3 is 2.71 bits per heavy atom. The molecule has 1 heterocycles. The van der Waals surface area contributed by atoms with Crippen molar-refractivity contribution in [1.29, 1.82) is 0 Å². The molecule has 0 atom stereocenters. The molecule has 1 aromatic heterocycles. The Hall–Kier alpha value is -1.23. The van der Waals surface area contributed by atoms with E-state index in [0.29, 0.717) is 11.1 Å². The number of thiocarbonyl (C=S) groups is 1. The Morgan fingerprint density at radius 1 is 1.47 bits per heavy atom. The third-order valence-corrected chi connectivity index (χ3v) is 3.50. The molecule has 1 aliphatic carbocycles. The predicted molar refractivity (Wildman–Crippen MR) is 73.0 cm³/mol. The van der Waals surface area contributed by atoms with Crippen molar-refractivity contribution in [3.05, 3.63) is 18.1 Å². The lowest BCUT2D eigenvalue weighted by atomic mass is 10.0. The molecular weight excluding hydrogens is 232 g/mol. The smallest absolute Gasteiger partial charge is 0.144 e. The van der Waals surface area contributed by atoms with Crippen molar-refractivity contribution in [2.45, 2.75) is 32.6 Å². The van der Waals surface area contributed by atoms with Gasteiger partial charge >= 0.3 is 0 Å². The third-order valence-electron chi connectivity index (χ3n) is 3.29. The fraction of sp³-hybridized carbons (Fsp3) is 0.583. The normalized spacial score (nSPS) is 16.5. The molecular formula is C12H18N4S. The molecule has 1 aliphatic rings. The second kappa shape index (κ2) is 4.96. The molecule has 1 aromatic rings. The molecule has 17 heavy (non-hydrogen) atoms. The van der Waals surface area contributed by atoms with E-state index >= 15 is 0 Å². The first-order valence-electron chi connectivity index (χ1n) is 6.01. The fourth-order valence-corrected chi connectivity index (χ4v) is 2.15. The summed E-state index contributed by atoms with van der Waals surface area (Å²) < 4.78 is 0. The quantitative estimate of drug-likeness (QED) is 0.757. The van der Waals surface area contributed by atoms with Gasteiger partial charge < -0.3 is 11.1 Å². The van der Waals surface area contributed by atoms with Gasteiger partial charge in [0.2, 0.25) is 0 Å². The first-order valence-corrected chi connectivity index (χ1v) is 6.42. The van der Waals surface area contributed by atoms with Gasteiger partial charge in [-0.15, -0.1) is 0 Å². The molecule has 0 spiro atoms. The maximum Gasteiger partial charge on any atom is 0.144 e. The average molecular weight is 250 g/mol. The largest absolute Gasteiger partial charge is 0.388 e. The van der Waals surface area contributed by atoms with E-state index in [0.717, 1.165) is 12.4 Å². The van der Waals surface area contributed by atoms with Crippen LogP contribution in [-0.2, 0) is 0 Å². The minimum absolute atomic E-state index is 0.286. The third kappa shape index (κ3) is 3.12.